The van der Waals surface area contributed by atoms with Gasteiger partial charge >= 0.3 is 5.97 Å². The molecule has 1 aromatic carbocycles. The van der Waals surface area contributed by atoms with Gasteiger partial charge in [-0.15, -0.1) is 0 Å². The van der Waals surface area contributed by atoms with Gasteiger partial charge in [0.15, 0.2) is 10.8 Å². The average Bonchev–Trinajstić information content (AvgIpc) is 3.51. The van der Waals surface area contributed by atoms with E-state index in [1.165, 1.54) is 24.3 Å². The van der Waals surface area contributed by atoms with Crippen LogP contribution in [-0.4, -0.2) is 51.7 Å². The first-order valence-corrected chi connectivity index (χ1v) is 12.9. The molecule has 0 atom stereocenters. The lowest BCUT2D eigenvalue weighted by molar-refractivity contribution is 0.0530. The SMILES string of the molecule is CCCCN(C(=O)c1cnn2c(C(F)F)cc(-c3ccccc3OC)nc12)c1nc(C)c(C(=O)OCC)s1. The molecule has 0 unspecified atom stereocenters. The minimum absolute atomic E-state index is 0.0194. The van der Waals surface area contributed by atoms with Gasteiger partial charge in [0.25, 0.3) is 12.3 Å². The van der Waals surface area contributed by atoms with Crippen LogP contribution in [0.2, 0.25) is 0 Å². The summed E-state index contributed by atoms with van der Waals surface area (Å²) in [4.78, 5) is 37.0. The number of alkyl halides is 2. The zero-order valence-electron chi connectivity index (χ0n) is 21.4. The van der Waals surface area contributed by atoms with Crippen LogP contribution in [0.3, 0.4) is 0 Å². The summed E-state index contributed by atoms with van der Waals surface area (Å²) in [6, 6.07) is 8.14. The molecule has 0 aliphatic carbocycles. The highest BCUT2D eigenvalue weighted by atomic mass is 32.1. The van der Waals surface area contributed by atoms with E-state index < -0.39 is 24.0 Å². The van der Waals surface area contributed by atoms with E-state index in [4.69, 9.17) is 9.47 Å². The molecule has 200 valence electrons. The van der Waals surface area contributed by atoms with Crippen LogP contribution in [0.25, 0.3) is 16.9 Å². The van der Waals surface area contributed by atoms with E-state index in [2.05, 4.69) is 15.1 Å². The summed E-state index contributed by atoms with van der Waals surface area (Å²) in [6.07, 6.45) is -0.199. The quantitative estimate of drug-likeness (QED) is 0.236. The van der Waals surface area contributed by atoms with E-state index in [9.17, 15) is 18.4 Å². The second-order valence-corrected chi connectivity index (χ2v) is 9.28. The molecule has 4 aromatic rings. The zero-order chi connectivity index (χ0) is 27.4. The van der Waals surface area contributed by atoms with Gasteiger partial charge in [0.1, 0.15) is 21.9 Å². The third-order valence-electron chi connectivity index (χ3n) is 5.79. The number of carbonyl (C=O) groups is 2. The summed E-state index contributed by atoms with van der Waals surface area (Å²) in [6.45, 7) is 5.86. The van der Waals surface area contributed by atoms with Gasteiger partial charge in [-0.2, -0.15) is 5.10 Å². The summed E-state index contributed by atoms with van der Waals surface area (Å²) >= 11 is 1.05. The second kappa shape index (κ2) is 11.6. The predicted octanol–water partition coefficient (Wildman–Crippen LogP) is 5.73. The Morgan fingerprint density at radius 2 is 1.95 bits per heavy atom. The number of fused-ring (bicyclic) bond motifs is 1. The van der Waals surface area contributed by atoms with Crippen molar-refractivity contribution in [2.75, 3.05) is 25.2 Å². The largest absolute Gasteiger partial charge is 0.496 e. The summed E-state index contributed by atoms with van der Waals surface area (Å²) in [5, 5.41) is 4.38. The van der Waals surface area contributed by atoms with Crippen molar-refractivity contribution in [2.45, 2.75) is 40.0 Å². The molecule has 3 aromatic heterocycles. The Labute approximate surface area is 222 Å². The fourth-order valence-electron chi connectivity index (χ4n) is 3.92. The number of methoxy groups -OCH3 is 1. The summed E-state index contributed by atoms with van der Waals surface area (Å²) in [5.41, 5.74) is 0.754. The molecule has 0 radical (unpaired) electrons. The normalized spacial score (nSPS) is 11.2. The van der Waals surface area contributed by atoms with Crippen LogP contribution in [0.15, 0.2) is 36.5 Å². The molecular formula is C26H27F2N5O4S. The van der Waals surface area contributed by atoms with E-state index in [1.54, 1.807) is 38.1 Å². The maximum Gasteiger partial charge on any atom is 0.350 e. The number of thiazole rings is 1. The Hall–Kier alpha value is -3.93. The Morgan fingerprint density at radius 1 is 1.18 bits per heavy atom. The van der Waals surface area contributed by atoms with Gasteiger partial charge in [-0.3, -0.25) is 9.69 Å². The molecule has 4 rings (SSSR count). The zero-order valence-corrected chi connectivity index (χ0v) is 22.2. The van der Waals surface area contributed by atoms with Gasteiger partial charge in [-0.1, -0.05) is 36.8 Å². The number of rotatable bonds is 10. The fraction of sp³-hybridized carbons (Fsp3) is 0.346. The van der Waals surface area contributed by atoms with E-state index in [-0.39, 0.29) is 23.5 Å². The number of unbranched alkanes of at least 4 members (excludes halogenated alkanes) is 1. The Bertz CT molecular complexity index is 1470. The number of hydrogen-bond donors (Lipinski definition) is 0. The van der Waals surface area contributed by atoms with Gasteiger partial charge in [0.2, 0.25) is 0 Å². The molecule has 0 aliphatic rings. The van der Waals surface area contributed by atoms with Gasteiger partial charge in [0.05, 0.1) is 31.3 Å². The Balaban J connectivity index is 1.84. The lowest BCUT2D eigenvalue weighted by atomic mass is 10.1. The Kier molecular flexibility index (Phi) is 8.30. The summed E-state index contributed by atoms with van der Waals surface area (Å²) in [7, 11) is 1.48. The predicted molar refractivity (Wildman–Crippen MR) is 139 cm³/mol. The number of aryl methyl sites for hydroxylation is 1. The summed E-state index contributed by atoms with van der Waals surface area (Å²) in [5.74, 6) is -0.578. The van der Waals surface area contributed by atoms with Crippen molar-refractivity contribution in [3.8, 4) is 17.0 Å². The monoisotopic (exact) mass is 543 g/mol. The van der Waals surface area contributed by atoms with E-state index in [1.807, 2.05) is 6.92 Å². The first kappa shape index (κ1) is 27.1. The Morgan fingerprint density at radius 3 is 2.63 bits per heavy atom. The highest BCUT2D eigenvalue weighted by Gasteiger charge is 2.29. The minimum Gasteiger partial charge on any atom is -0.496 e. The summed E-state index contributed by atoms with van der Waals surface area (Å²) < 4.78 is 39.7. The molecule has 0 fully saturated rings. The number of amides is 1. The second-order valence-electron chi connectivity index (χ2n) is 8.30. The molecule has 0 aliphatic heterocycles. The molecule has 0 saturated heterocycles. The van der Waals surface area contributed by atoms with Crippen LogP contribution < -0.4 is 9.64 Å². The third kappa shape index (κ3) is 5.21. The number of carbonyl (C=O) groups excluding carboxylic acids is 2. The minimum atomic E-state index is -2.87. The van der Waals surface area contributed by atoms with E-state index in [0.29, 0.717) is 40.0 Å². The molecule has 1 amide bonds. The molecule has 3 heterocycles. The molecule has 12 heteroatoms. The van der Waals surface area contributed by atoms with Crippen molar-refractivity contribution in [1.82, 2.24) is 19.6 Å². The number of benzene rings is 1. The molecule has 0 bridgehead atoms. The molecular weight excluding hydrogens is 516 g/mol. The number of anilines is 1. The first-order valence-electron chi connectivity index (χ1n) is 12.1. The van der Waals surface area contributed by atoms with Gasteiger partial charge in [0, 0.05) is 12.1 Å². The topological polar surface area (TPSA) is 98.9 Å². The van der Waals surface area contributed by atoms with E-state index >= 15 is 0 Å². The van der Waals surface area contributed by atoms with Crippen molar-refractivity contribution in [1.29, 1.82) is 0 Å². The maximum atomic E-state index is 14.1. The van der Waals surface area contributed by atoms with Crippen LogP contribution in [0.5, 0.6) is 5.75 Å². The van der Waals surface area contributed by atoms with Gasteiger partial charge in [-0.05, 0) is 38.5 Å². The van der Waals surface area contributed by atoms with E-state index in [0.717, 1.165) is 22.3 Å². The average molecular weight is 544 g/mol. The van der Waals surface area contributed by atoms with Crippen LogP contribution in [0.1, 0.15) is 64.5 Å². The number of para-hydroxylation sites is 1. The number of ether oxygens (including phenoxy) is 2. The van der Waals surface area contributed by atoms with Gasteiger partial charge < -0.3 is 9.47 Å². The lowest BCUT2D eigenvalue weighted by Crippen LogP contribution is -2.32. The van der Waals surface area contributed by atoms with Crippen molar-refractivity contribution in [3.63, 3.8) is 0 Å². The molecule has 0 N–H and O–H groups in total. The van der Waals surface area contributed by atoms with Crippen molar-refractivity contribution in [2.24, 2.45) is 0 Å². The van der Waals surface area contributed by atoms with Crippen molar-refractivity contribution >= 4 is 34.0 Å². The lowest BCUT2D eigenvalue weighted by Gasteiger charge is -2.19. The van der Waals surface area contributed by atoms with Crippen LogP contribution in [0.4, 0.5) is 13.9 Å². The molecule has 9 nitrogen and oxygen atoms in total. The fourth-order valence-corrected chi connectivity index (χ4v) is 4.90. The molecule has 38 heavy (non-hydrogen) atoms. The smallest absolute Gasteiger partial charge is 0.350 e. The molecule has 0 saturated carbocycles. The van der Waals surface area contributed by atoms with Gasteiger partial charge in [-0.25, -0.2) is 28.1 Å². The van der Waals surface area contributed by atoms with Crippen molar-refractivity contribution < 1.29 is 27.8 Å². The number of aromatic nitrogens is 4. The van der Waals surface area contributed by atoms with Crippen LogP contribution >= 0.6 is 11.3 Å². The number of hydrogen-bond acceptors (Lipinski definition) is 8. The standard InChI is InChI=1S/C26H27F2N5O4S/c1-5-7-12-32(26-30-15(3)21(38-26)25(35)37-6-2)24(34)17-14-29-33-19(22(27)28)13-18(31-23(17)33)16-10-8-9-11-20(16)36-4/h8-11,13-14,22H,5-7,12H2,1-4H3. The maximum absolute atomic E-state index is 14.1. The number of halogens is 2. The van der Waals surface area contributed by atoms with Crippen LogP contribution in [-0.2, 0) is 4.74 Å². The van der Waals surface area contributed by atoms with Crippen molar-refractivity contribution in [3.05, 3.63) is 58.4 Å². The highest BCUT2D eigenvalue weighted by Crippen LogP contribution is 2.33. The number of esters is 1. The number of nitrogens with zero attached hydrogens (tertiary/aromatic N) is 5. The third-order valence-corrected chi connectivity index (χ3v) is 6.95. The van der Waals surface area contributed by atoms with Crippen LogP contribution in [0, 0.1) is 6.92 Å². The highest BCUT2D eigenvalue weighted by molar-refractivity contribution is 7.17. The first-order chi connectivity index (χ1) is 18.3. The molecule has 0 spiro atoms.